The summed E-state index contributed by atoms with van der Waals surface area (Å²) in [5, 5.41) is 2.72. The van der Waals surface area contributed by atoms with Crippen molar-refractivity contribution in [3.63, 3.8) is 0 Å². The fourth-order valence-corrected chi connectivity index (χ4v) is 8.04. The fraction of sp³-hybridized carbons (Fsp3) is 0.433. The highest BCUT2D eigenvalue weighted by Gasteiger charge is 2.55. The van der Waals surface area contributed by atoms with Crippen molar-refractivity contribution in [1.82, 2.24) is 9.55 Å². The molecule has 2 spiro atoms. The van der Waals surface area contributed by atoms with Gasteiger partial charge in [-0.05, 0) is 48.9 Å². The highest BCUT2D eigenvalue weighted by atomic mass is 16.1. The van der Waals surface area contributed by atoms with Crippen LogP contribution in [0.1, 0.15) is 98.4 Å². The molecule has 33 heavy (non-hydrogen) atoms. The SMILES string of the molecule is CC(=O)n1c2c(c3ccccc31)C1(CCCCC1)c1c([nH]c3ccccc13)C21CCCCC1. The van der Waals surface area contributed by atoms with Crippen molar-refractivity contribution in [3.8, 4) is 0 Å². The van der Waals surface area contributed by atoms with Crippen LogP contribution >= 0.6 is 0 Å². The quantitative estimate of drug-likeness (QED) is 0.303. The van der Waals surface area contributed by atoms with E-state index in [-0.39, 0.29) is 16.7 Å². The summed E-state index contributed by atoms with van der Waals surface area (Å²) in [7, 11) is 0. The molecule has 0 saturated heterocycles. The second-order valence-electron chi connectivity index (χ2n) is 10.8. The summed E-state index contributed by atoms with van der Waals surface area (Å²) in [6.45, 7) is 1.76. The second kappa shape index (κ2) is 6.85. The molecule has 0 unspecified atom stereocenters. The van der Waals surface area contributed by atoms with Gasteiger partial charge in [0.25, 0.3) is 0 Å². The number of H-pyrrole nitrogens is 1. The largest absolute Gasteiger partial charge is 0.357 e. The van der Waals surface area contributed by atoms with Gasteiger partial charge in [0.05, 0.1) is 10.9 Å². The maximum Gasteiger partial charge on any atom is 0.228 e. The van der Waals surface area contributed by atoms with Crippen molar-refractivity contribution in [2.24, 2.45) is 0 Å². The first kappa shape index (κ1) is 19.6. The molecule has 1 N–H and O–H groups in total. The van der Waals surface area contributed by atoms with E-state index < -0.39 is 0 Å². The average molecular weight is 437 g/mol. The van der Waals surface area contributed by atoms with Crippen LogP contribution in [0.5, 0.6) is 0 Å². The number of nitrogens with zero attached hydrogens (tertiary/aromatic N) is 1. The van der Waals surface area contributed by atoms with Crippen LogP contribution in [0.25, 0.3) is 21.8 Å². The first-order chi connectivity index (χ1) is 16.2. The Hall–Kier alpha value is -2.81. The van der Waals surface area contributed by atoms with E-state index in [1.807, 2.05) is 0 Å². The lowest BCUT2D eigenvalue weighted by Crippen LogP contribution is -2.45. The summed E-state index contributed by atoms with van der Waals surface area (Å²) < 4.78 is 2.13. The number of carbonyl (C=O) groups is 1. The number of hydrogen-bond donors (Lipinski definition) is 1. The van der Waals surface area contributed by atoms with Crippen LogP contribution in [-0.4, -0.2) is 15.5 Å². The number of aromatic amines is 1. The number of para-hydroxylation sites is 2. The molecule has 168 valence electrons. The molecule has 0 bridgehead atoms. The van der Waals surface area contributed by atoms with Gasteiger partial charge in [-0.1, -0.05) is 74.9 Å². The monoisotopic (exact) mass is 436 g/mol. The van der Waals surface area contributed by atoms with Crippen LogP contribution in [0.2, 0.25) is 0 Å². The Morgan fingerprint density at radius 1 is 0.758 bits per heavy atom. The van der Waals surface area contributed by atoms with E-state index in [1.54, 1.807) is 12.5 Å². The van der Waals surface area contributed by atoms with Gasteiger partial charge in [-0.25, -0.2) is 0 Å². The highest BCUT2D eigenvalue weighted by Crippen LogP contribution is 2.62. The number of carbonyl (C=O) groups excluding carboxylic acids is 1. The van der Waals surface area contributed by atoms with Crippen LogP contribution in [-0.2, 0) is 10.8 Å². The van der Waals surface area contributed by atoms with Crippen molar-refractivity contribution in [1.29, 1.82) is 0 Å². The molecule has 2 aromatic heterocycles. The average Bonchev–Trinajstić information content (AvgIpc) is 3.43. The zero-order valence-electron chi connectivity index (χ0n) is 19.5. The predicted molar refractivity (Wildman–Crippen MR) is 134 cm³/mol. The standard InChI is InChI=1S/C30H32N2O/c1-20(33)32-24-15-7-5-13-22(24)26-28(32)30(18-10-3-11-19-30)27-25(29(26)16-8-2-9-17-29)21-12-4-6-14-23(21)31-27/h4-7,12-15,31H,2-3,8-11,16-19H2,1H3. The van der Waals surface area contributed by atoms with Crippen LogP contribution in [0.3, 0.4) is 0 Å². The van der Waals surface area contributed by atoms with Gasteiger partial charge >= 0.3 is 0 Å². The highest BCUT2D eigenvalue weighted by molar-refractivity contribution is 5.99. The summed E-state index contributed by atoms with van der Waals surface area (Å²) in [5.74, 6) is 0.155. The van der Waals surface area contributed by atoms with Gasteiger partial charge in [0.1, 0.15) is 0 Å². The summed E-state index contributed by atoms with van der Waals surface area (Å²) in [4.78, 5) is 17.3. The van der Waals surface area contributed by atoms with Crippen LogP contribution < -0.4 is 0 Å². The molecule has 7 rings (SSSR count). The molecule has 0 aliphatic heterocycles. The molecule has 2 saturated carbocycles. The summed E-state index contributed by atoms with van der Waals surface area (Å²) in [6.07, 6.45) is 12.2. The Bertz CT molecular complexity index is 1410. The number of fused-ring (bicyclic) bond motifs is 10. The number of rotatable bonds is 0. The first-order valence-corrected chi connectivity index (χ1v) is 12.9. The fourth-order valence-electron chi connectivity index (χ4n) is 8.04. The van der Waals surface area contributed by atoms with Gasteiger partial charge in [0.2, 0.25) is 5.91 Å². The summed E-state index contributed by atoms with van der Waals surface area (Å²) >= 11 is 0. The molecule has 3 heteroatoms. The molecule has 2 fully saturated rings. The summed E-state index contributed by atoms with van der Waals surface area (Å²) in [5.41, 5.74) is 8.09. The van der Waals surface area contributed by atoms with E-state index in [4.69, 9.17) is 0 Å². The number of benzene rings is 2. The van der Waals surface area contributed by atoms with Crippen molar-refractivity contribution in [3.05, 3.63) is 71.0 Å². The Balaban J connectivity index is 1.71. The third kappa shape index (κ3) is 2.38. The molecule has 3 aliphatic rings. The summed E-state index contributed by atoms with van der Waals surface area (Å²) in [6, 6.07) is 17.7. The van der Waals surface area contributed by atoms with E-state index >= 15 is 0 Å². The maximum atomic E-state index is 13.3. The Morgan fingerprint density at radius 3 is 2.06 bits per heavy atom. The minimum atomic E-state index is -0.102. The molecular weight excluding hydrogens is 404 g/mol. The zero-order valence-corrected chi connectivity index (χ0v) is 19.5. The van der Waals surface area contributed by atoms with Crippen LogP contribution in [0, 0.1) is 0 Å². The molecule has 3 nitrogen and oxygen atoms in total. The third-order valence-corrected chi connectivity index (χ3v) is 9.20. The van der Waals surface area contributed by atoms with Gasteiger partial charge in [0.15, 0.2) is 0 Å². The molecule has 0 atom stereocenters. The van der Waals surface area contributed by atoms with E-state index in [1.165, 1.54) is 84.6 Å². The maximum absolute atomic E-state index is 13.3. The van der Waals surface area contributed by atoms with Crippen LogP contribution in [0.15, 0.2) is 48.5 Å². The van der Waals surface area contributed by atoms with E-state index in [0.717, 1.165) is 18.4 Å². The minimum absolute atomic E-state index is 0.00841. The van der Waals surface area contributed by atoms with Gasteiger partial charge in [-0.3, -0.25) is 9.36 Å². The number of hydrogen-bond acceptors (Lipinski definition) is 1. The normalized spacial score (nSPS) is 20.9. The lowest BCUT2D eigenvalue weighted by molar-refractivity contribution is 0.0931. The molecule has 0 amide bonds. The zero-order chi connectivity index (χ0) is 22.2. The number of nitrogens with one attached hydrogen (secondary N) is 1. The Morgan fingerprint density at radius 2 is 1.36 bits per heavy atom. The lowest BCUT2D eigenvalue weighted by atomic mass is 9.54. The number of aromatic nitrogens is 2. The van der Waals surface area contributed by atoms with Crippen molar-refractivity contribution in [2.45, 2.75) is 82.0 Å². The Labute approximate surface area is 195 Å². The van der Waals surface area contributed by atoms with Crippen molar-refractivity contribution in [2.75, 3.05) is 0 Å². The minimum Gasteiger partial charge on any atom is -0.357 e. The lowest BCUT2D eigenvalue weighted by Gasteiger charge is -2.50. The van der Waals surface area contributed by atoms with E-state index in [0.29, 0.717) is 0 Å². The van der Waals surface area contributed by atoms with Gasteiger partial charge < -0.3 is 4.98 Å². The second-order valence-corrected chi connectivity index (χ2v) is 10.8. The molecule has 0 radical (unpaired) electrons. The van der Waals surface area contributed by atoms with Crippen molar-refractivity contribution >= 4 is 27.7 Å². The van der Waals surface area contributed by atoms with Gasteiger partial charge in [0, 0.05) is 40.0 Å². The molecule has 2 aromatic carbocycles. The molecule has 2 heterocycles. The smallest absolute Gasteiger partial charge is 0.228 e. The van der Waals surface area contributed by atoms with Crippen LogP contribution in [0.4, 0.5) is 0 Å². The molecular formula is C30H32N2O. The predicted octanol–water partition coefficient (Wildman–Crippen LogP) is 7.60. The molecule has 3 aliphatic carbocycles. The third-order valence-electron chi connectivity index (χ3n) is 9.20. The van der Waals surface area contributed by atoms with E-state index in [2.05, 4.69) is 58.1 Å². The van der Waals surface area contributed by atoms with Gasteiger partial charge in [-0.2, -0.15) is 0 Å². The Kier molecular flexibility index (Phi) is 4.08. The topological polar surface area (TPSA) is 37.8 Å². The van der Waals surface area contributed by atoms with Crippen molar-refractivity contribution < 1.29 is 4.79 Å². The first-order valence-electron chi connectivity index (χ1n) is 12.9. The molecule has 4 aromatic rings. The van der Waals surface area contributed by atoms with Gasteiger partial charge in [-0.15, -0.1) is 0 Å². The van der Waals surface area contributed by atoms with E-state index in [9.17, 15) is 4.79 Å².